The van der Waals surface area contributed by atoms with Gasteiger partial charge in [0.1, 0.15) is 11.6 Å². The third kappa shape index (κ3) is 8.06. The Kier molecular flexibility index (Phi) is 9.09. The molecule has 6 nitrogen and oxygen atoms in total. The van der Waals surface area contributed by atoms with Gasteiger partial charge in [-0.15, -0.1) is 0 Å². The van der Waals surface area contributed by atoms with Crippen LogP contribution >= 0.6 is 0 Å². The number of nitrogens with one attached hydrogen (secondary N) is 1. The van der Waals surface area contributed by atoms with Crippen LogP contribution in [0.4, 0.5) is 4.39 Å². The second-order valence-corrected chi connectivity index (χ2v) is 7.57. The minimum absolute atomic E-state index is 0.0467. The molecular formula is C21H30FNO5. The van der Waals surface area contributed by atoms with E-state index in [1.54, 1.807) is 20.8 Å². The van der Waals surface area contributed by atoms with Crippen molar-refractivity contribution >= 4 is 17.7 Å². The molecule has 1 rings (SSSR count). The number of methoxy groups -OCH3 is 1. The summed E-state index contributed by atoms with van der Waals surface area (Å²) in [4.78, 5) is 36.7. The highest BCUT2D eigenvalue weighted by atomic mass is 19.1. The van der Waals surface area contributed by atoms with Gasteiger partial charge in [-0.1, -0.05) is 19.8 Å². The van der Waals surface area contributed by atoms with Crippen molar-refractivity contribution in [3.63, 3.8) is 0 Å². The molecule has 28 heavy (non-hydrogen) atoms. The molecule has 156 valence electrons. The molecule has 0 aromatic heterocycles. The predicted octanol–water partition coefficient (Wildman–Crippen LogP) is 3.81. The number of unbranched alkanes of at least 4 members (excludes halogenated alkanes) is 1. The Labute approximate surface area is 165 Å². The number of halogens is 1. The quantitative estimate of drug-likeness (QED) is 0.481. The number of rotatable bonds is 10. The molecule has 0 heterocycles. The summed E-state index contributed by atoms with van der Waals surface area (Å²) in [5.41, 5.74) is -0.485. The van der Waals surface area contributed by atoms with Crippen molar-refractivity contribution < 1.29 is 28.2 Å². The van der Waals surface area contributed by atoms with Gasteiger partial charge < -0.3 is 14.8 Å². The van der Waals surface area contributed by atoms with Gasteiger partial charge in [0, 0.05) is 18.4 Å². The molecule has 1 amide bonds. The van der Waals surface area contributed by atoms with Crippen molar-refractivity contribution in [3.8, 4) is 5.75 Å². The van der Waals surface area contributed by atoms with Gasteiger partial charge in [-0.2, -0.15) is 0 Å². The lowest BCUT2D eigenvalue weighted by atomic mass is 10.1. The van der Waals surface area contributed by atoms with Crippen LogP contribution in [0.3, 0.4) is 0 Å². The minimum Gasteiger partial charge on any atom is -0.494 e. The average molecular weight is 395 g/mol. The normalized spacial score (nSPS) is 12.2. The standard InChI is InChI=1S/C21H30FNO5/c1-6-7-8-16(20(26)28-21(2,3)4)23-19(25)12-10-17(24)14-9-11-18(27-5)15(22)13-14/h9,11,13,16H,6-8,10,12H2,1-5H3,(H,23,25)/t16-/m0/s1. The fourth-order valence-electron chi connectivity index (χ4n) is 2.51. The number of ether oxygens (including phenoxy) is 2. The van der Waals surface area contributed by atoms with Crippen molar-refractivity contribution in [2.75, 3.05) is 7.11 Å². The second kappa shape index (κ2) is 10.8. The molecular weight excluding hydrogens is 365 g/mol. The van der Waals surface area contributed by atoms with Gasteiger partial charge in [-0.3, -0.25) is 9.59 Å². The molecule has 7 heteroatoms. The van der Waals surface area contributed by atoms with E-state index >= 15 is 0 Å². The zero-order chi connectivity index (χ0) is 21.3. The lowest BCUT2D eigenvalue weighted by molar-refractivity contribution is -0.158. The fourth-order valence-corrected chi connectivity index (χ4v) is 2.51. The van der Waals surface area contributed by atoms with Crippen LogP contribution in [0.1, 0.15) is 70.2 Å². The Bertz CT molecular complexity index is 697. The van der Waals surface area contributed by atoms with E-state index in [2.05, 4.69) is 5.32 Å². The van der Waals surface area contributed by atoms with E-state index in [1.807, 2.05) is 6.92 Å². The van der Waals surface area contributed by atoms with Crippen LogP contribution in [0.5, 0.6) is 5.75 Å². The van der Waals surface area contributed by atoms with Crippen molar-refractivity contribution in [3.05, 3.63) is 29.6 Å². The lowest BCUT2D eigenvalue weighted by Crippen LogP contribution is -2.44. The van der Waals surface area contributed by atoms with Gasteiger partial charge in [0.05, 0.1) is 7.11 Å². The monoisotopic (exact) mass is 395 g/mol. The van der Waals surface area contributed by atoms with Crippen LogP contribution in [0.2, 0.25) is 0 Å². The van der Waals surface area contributed by atoms with Crippen molar-refractivity contribution in [2.24, 2.45) is 0 Å². The summed E-state index contributed by atoms with van der Waals surface area (Å²) in [5.74, 6) is -1.86. The summed E-state index contributed by atoms with van der Waals surface area (Å²) >= 11 is 0. The minimum atomic E-state index is -0.750. The lowest BCUT2D eigenvalue weighted by Gasteiger charge is -2.24. The zero-order valence-corrected chi connectivity index (χ0v) is 17.3. The third-order valence-electron chi connectivity index (χ3n) is 3.93. The highest BCUT2D eigenvalue weighted by molar-refractivity contribution is 5.98. The summed E-state index contributed by atoms with van der Waals surface area (Å²) < 4.78 is 23.9. The number of amides is 1. The van der Waals surface area contributed by atoms with Gasteiger partial charge >= 0.3 is 5.97 Å². The first kappa shape index (κ1) is 23.6. The Balaban J connectivity index is 2.64. The maximum atomic E-state index is 13.7. The molecule has 1 atom stereocenters. The number of carbonyl (C=O) groups is 3. The highest BCUT2D eigenvalue weighted by Gasteiger charge is 2.26. The SMILES string of the molecule is CCCC[C@H](NC(=O)CCC(=O)c1ccc(OC)c(F)c1)C(=O)OC(C)(C)C. The Morgan fingerprint density at radius 1 is 1.18 bits per heavy atom. The van der Waals surface area contributed by atoms with Crippen LogP contribution in [-0.4, -0.2) is 36.4 Å². The number of hydrogen-bond donors (Lipinski definition) is 1. The second-order valence-electron chi connectivity index (χ2n) is 7.57. The fraction of sp³-hybridized carbons (Fsp3) is 0.571. The maximum Gasteiger partial charge on any atom is 0.329 e. The molecule has 1 aromatic carbocycles. The summed E-state index contributed by atoms with van der Waals surface area (Å²) in [7, 11) is 1.34. The number of Topliss-reactive ketones (excluding diaryl/α,β-unsaturated/α-hetero) is 1. The third-order valence-corrected chi connectivity index (χ3v) is 3.93. The smallest absolute Gasteiger partial charge is 0.329 e. The Morgan fingerprint density at radius 2 is 1.86 bits per heavy atom. The number of hydrogen-bond acceptors (Lipinski definition) is 5. The van der Waals surface area contributed by atoms with Gasteiger partial charge in [-0.25, -0.2) is 9.18 Å². The van der Waals surface area contributed by atoms with Crippen LogP contribution in [-0.2, 0) is 14.3 Å². The molecule has 0 aliphatic heterocycles. The van der Waals surface area contributed by atoms with E-state index in [0.29, 0.717) is 6.42 Å². The van der Waals surface area contributed by atoms with Crippen LogP contribution in [0.15, 0.2) is 18.2 Å². The highest BCUT2D eigenvalue weighted by Crippen LogP contribution is 2.19. The number of carbonyl (C=O) groups excluding carboxylic acids is 3. The van der Waals surface area contributed by atoms with E-state index < -0.39 is 29.3 Å². The predicted molar refractivity (Wildman–Crippen MR) is 104 cm³/mol. The number of ketones is 1. The zero-order valence-electron chi connectivity index (χ0n) is 17.3. The van der Waals surface area contributed by atoms with E-state index in [-0.39, 0.29) is 29.9 Å². The molecule has 0 fully saturated rings. The van der Waals surface area contributed by atoms with Crippen LogP contribution in [0.25, 0.3) is 0 Å². The molecule has 0 aliphatic rings. The summed E-state index contributed by atoms with van der Waals surface area (Å²) in [6.45, 7) is 7.27. The van der Waals surface area contributed by atoms with Gasteiger partial charge in [-0.05, 0) is 45.4 Å². The Hall–Kier alpha value is -2.44. The molecule has 0 bridgehead atoms. The van der Waals surface area contributed by atoms with Crippen LogP contribution in [0, 0.1) is 5.82 Å². The molecule has 0 unspecified atom stereocenters. The molecule has 0 saturated heterocycles. The summed E-state index contributed by atoms with van der Waals surface area (Å²) in [6, 6.07) is 3.16. The molecule has 0 aliphatic carbocycles. The van der Waals surface area contributed by atoms with Crippen LogP contribution < -0.4 is 10.1 Å². The first-order valence-corrected chi connectivity index (χ1v) is 9.46. The van der Waals surface area contributed by atoms with Crippen molar-refractivity contribution in [2.45, 2.75) is 71.4 Å². The van der Waals surface area contributed by atoms with Gasteiger partial charge in [0.25, 0.3) is 0 Å². The van der Waals surface area contributed by atoms with E-state index in [4.69, 9.17) is 9.47 Å². The van der Waals surface area contributed by atoms with E-state index in [9.17, 15) is 18.8 Å². The molecule has 1 N–H and O–H groups in total. The average Bonchev–Trinajstić information content (AvgIpc) is 2.61. The summed E-state index contributed by atoms with van der Waals surface area (Å²) in [5, 5.41) is 2.65. The molecule has 0 saturated carbocycles. The molecule has 1 aromatic rings. The first-order chi connectivity index (χ1) is 13.1. The summed E-state index contributed by atoms with van der Waals surface area (Å²) in [6.07, 6.45) is 1.91. The number of esters is 1. The van der Waals surface area contributed by atoms with E-state index in [1.165, 1.54) is 19.2 Å². The van der Waals surface area contributed by atoms with Crippen molar-refractivity contribution in [1.29, 1.82) is 0 Å². The largest absolute Gasteiger partial charge is 0.494 e. The molecule has 0 spiro atoms. The van der Waals surface area contributed by atoms with Gasteiger partial charge in [0.2, 0.25) is 5.91 Å². The molecule has 0 radical (unpaired) electrons. The topological polar surface area (TPSA) is 81.7 Å². The Morgan fingerprint density at radius 3 is 2.39 bits per heavy atom. The maximum absolute atomic E-state index is 13.7. The van der Waals surface area contributed by atoms with Crippen molar-refractivity contribution in [1.82, 2.24) is 5.32 Å². The number of benzene rings is 1. The first-order valence-electron chi connectivity index (χ1n) is 9.46. The van der Waals surface area contributed by atoms with Gasteiger partial charge in [0.15, 0.2) is 17.3 Å². The van der Waals surface area contributed by atoms with E-state index in [0.717, 1.165) is 18.9 Å².